The zero-order valence-electron chi connectivity index (χ0n) is 16.0. The fraction of sp³-hybridized carbons (Fsp3) is 0.286. The predicted octanol–water partition coefficient (Wildman–Crippen LogP) is 3.16. The van der Waals surface area contributed by atoms with Crippen LogP contribution in [-0.4, -0.2) is 34.4 Å². The molecule has 1 N–H and O–H groups in total. The van der Waals surface area contributed by atoms with E-state index in [0.717, 1.165) is 15.8 Å². The minimum Gasteiger partial charge on any atom is -0.492 e. The first-order valence-electron chi connectivity index (χ1n) is 9.48. The quantitative estimate of drug-likeness (QED) is 0.617. The molecular formula is C21H21BrN4O3. The van der Waals surface area contributed by atoms with E-state index in [1.165, 1.54) is 0 Å². The molecule has 0 bridgehead atoms. The van der Waals surface area contributed by atoms with Crippen LogP contribution in [0.3, 0.4) is 0 Å². The van der Waals surface area contributed by atoms with Gasteiger partial charge in [0, 0.05) is 29.8 Å². The molecule has 1 atom stereocenters. The fourth-order valence-electron chi connectivity index (χ4n) is 3.50. The van der Waals surface area contributed by atoms with Crippen LogP contribution in [0, 0.1) is 5.92 Å². The molecule has 1 unspecified atom stereocenters. The van der Waals surface area contributed by atoms with Crippen molar-refractivity contribution in [3.05, 3.63) is 59.0 Å². The molecule has 2 aromatic heterocycles. The number of imidazole rings is 1. The van der Waals surface area contributed by atoms with Crippen molar-refractivity contribution in [3.8, 4) is 5.75 Å². The van der Waals surface area contributed by atoms with Crippen LogP contribution in [0.15, 0.2) is 53.3 Å². The van der Waals surface area contributed by atoms with Gasteiger partial charge in [0.05, 0.1) is 30.5 Å². The Hall–Kier alpha value is -2.87. The second kappa shape index (κ2) is 8.24. The number of carbonyl (C=O) groups excluding carboxylic acids is 2. The number of para-hydroxylation sites is 2. The maximum atomic E-state index is 12.7. The number of aromatic nitrogens is 2. The lowest BCUT2D eigenvalue weighted by atomic mass is 10.1. The number of nitrogens with zero attached hydrogens (tertiary/aromatic N) is 3. The SMILES string of the molecule is CCOc1ccccc1N1CC(C(=O)NCc2cn3cc(Br)ccc3n2)CC1=O. The van der Waals surface area contributed by atoms with Crippen LogP contribution >= 0.6 is 15.9 Å². The van der Waals surface area contributed by atoms with Crippen LogP contribution in [0.4, 0.5) is 5.69 Å². The van der Waals surface area contributed by atoms with E-state index in [1.54, 1.807) is 4.90 Å². The topological polar surface area (TPSA) is 75.9 Å². The molecule has 7 nitrogen and oxygen atoms in total. The number of rotatable bonds is 6. The smallest absolute Gasteiger partial charge is 0.227 e. The Kier molecular flexibility index (Phi) is 5.53. The van der Waals surface area contributed by atoms with Gasteiger partial charge in [0.1, 0.15) is 11.4 Å². The van der Waals surface area contributed by atoms with E-state index in [9.17, 15) is 9.59 Å². The number of fused-ring (bicyclic) bond motifs is 1. The summed E-state index contributed by atoms with van der Waals surface area (Å²) in [5.41, 5.74) is 2.28. The monoisotopic (exact) mass is 456 g/mol. The van der Waals surface area contributed by atoms with Crippen molar-refractivity contribution in [1.29, 1.82) is 0 Å². The van der Waals surface area contributed by atoms with Crippen LogP contribution in [0.1, 0.15) is 19.0 Å². The van der Waals surface area contributed by atoms with Crippen molar-refractivity contribution in [1.82, 2.24) is 14.7 Å². The lowest BCUT2D eigenvalue weighted by molar-refractivity contribution is -0.126. The minimum absolute atomic E-state index is 0.0742. The summed E-state index contributed by atoms with van der Waals surface area (Å²) in [6, 6.07) is 11.2. The van der Waals surface area contributed by atoms with Gasteiger partial charge < -0.3 is 19.4 Å². The first-order valence-corrected chi connectivity index (χ1v) is 10.3. The standard InChI is InChI=1S/C21H21BrN4O3/c1-2-29-18-6-4-3-5-17(18)26-11-14(9-20(26)27)21(28)23-10-16-13-25-12-15(22)7-8-19(25)24-16/h3-8,12-14H,2,9-11H2,1H3,(H,23,28). The van der Waals surface area contributed by atoms with Gasteiger partial charge in [-0.1, -0.05) is 12.1 Å². The number of carbonyl (C=O) groups is 2. The summed E-state index contributed by atoms with van der Waals surface area (Å²) in [6.45, 7) is 3.07. The van der Waals surface area contributed by atoms with Crippen molar-refractivity contribution in [2.24, 2.45) is 5.92 Å². The van der Waals surface area contributed by atoms with Gasteiger partial charge in [0.15, 0.2) is 0 Å². The van der Waals surface area contributed by atoms with Crippen molar-refractivity contribution >= 4 is 39.1 Å². The molecule has 3 heterocycles. The van der Waals surface area contributed by atoms with Gasteiger partial charge in [-0.2, -0.15) is 0 Å². The molecule has 1 aromatic carbocycles. The number of anilines is 1. The summed E-state index contributed by atoms with van der Waals surface area (Å²) in [5, 5.41) is 2.91. The zero-order valence-corrected chi connectivity index (χ0v) is 17.6. The third-order valence-corrected chi connectivity index (χ3v) is 5.33. The molecule has 0 saturated carbocycles. The Morgan fingerprint density at radius 2 is 2.10 bits per heavy atom. The normalized spacial score (nSPS) is 16.4. The highest BCUT2D eigenvalue weighted by Crippen LogP contribution is 2.33. The van der Waals surface area contributed by atoms with Gasteiger partial charge in [0.2, 0.25) is 11.8 Å². The second-order valence-electron chi connectivity index (χ2n) is 6.87. The fourth-order valence-corrected chi connectivity index (χ4v) is 3.85. The molecule has 1 fully saturated rings. The van der Waals surface area contributed by atoms with Crippen molar-refractivity contribution < 1.29 is 14.3 Å². The number of amides is 2. The molecule has 4 rings (SSSR count). The van der Waals surface area contributed by atoms with E-state index >= 15 is 0 Å². The second-order valence-corrected chi connectivity index (χ2v) is 7.78. The van der Waals surface area contributed by atoms with Crippen molar-refractivity contribution in [2.75, 3.05) is 18.1 Å². The van der Waals surface area contributed by atoms with Gasteiger partial charge in [-0.05, 0) is 47.1 Å². The number of benzene rings is 1. The third-order valence-electron chi connectivity index (χ3n) is 4.86. The summed E-state index contributed by atoms with van der Waals surface area (Å²) < 4.78 is 8.48. The van der Waals surface area contributed by atoms with Gasteiger partial charge in [0.25, 0.3) is 0 Å². The predicted molar refractivity (Wildman–Crippen MR) is 113 cm³/mol. The van der Waals surface area contributed by atoms with Crippen molar-refractivity contribution in [3.63, 3.8) is 0 Å². The molecule has 3 aromatic rings. The maximum Gasteiger partial charge on any atom is 0.227 e. The molecular weight excluding hydrogens is 436 g/mol. The molecule has 29 heavy (non-hydrogen) atoms. The molecule has 0 radical (unpaired) electrons. The first kappa shape index (κ1) is 19.4. The molecule has 1 saturated heterocycles. The molecule has 8 heteroatoms. The van der Waals surface area contributed by atoms with Gasteiger partial charge in [-0.15, -0.1) is 0 Å². The average Bonchev–Trinajstić information content (AvgIpc) is 3.29. The van der Waals surface area contributed by atoms with Gasteiger partial charge in [-0.3, -0.25) is 9.59 Å². The molecule has 0 spiro atoms. The lowest BCUT2D eigenvalue weighted by Crippen LogP contribution is -2.32. The van der Waals surface area contributed by atoms with Crippen LogP contribution in [-0.2, 0) is 16.1 Å². The summed E-state index contributed by atoms with van der Waals surface area (Å²) >= 11 is 3.43. The minimum atomic E-state index is -0.400. The summed E-state index contributed by atoms with van der Waals surface area (Å²) in [4.78, 5) is 31.3. The van der Waals surface area contributed by atoms with E-state index in [2.05, 4.69) is 26.2 Å². The number of ether oxygens (including phenoxy) is 1. The van der Waals surface area contributed by atoms with Crippen LogP contribution in [0.5, 0.6) is 5.75 Å². The van der Waals surface area contributed by atoms with Crippen LogP contribution in [0.25, 0.3) is 5.65 Å². The van der Waals surface area contributed by atoms with E-state index in [4.69, 9.17) is 4.74 Å². The van der Waals surface area contributed by atoms with Gasteiger partial charge in [-0.25, -0.2) is 4.98 Å². The third kappa shape index (κ3) is 4.12. The molecule has 1 aliphatic heterocycles. The Balaban J connectivity index is 1.41. The van der Waals surface area contributed by atoms with E-state index in [0.29, 0.717) is 31.1 Å². The Morgan fingerprint density at radius 3 is 2.93 bits per heavy atom. The van der Waals surface area contributed by atoms with E-state index in [1.807, 2.05) is 60.1 Å². The number of nitrogens with one attached hydrogen (secondary N) is 1. The first-order chi connectivity index (χ1) is 14.0. The molecule has 2 amide bonds. The van der Waals surface area contributed by atoms with E-state index < -0.39 is 5.92 Å². The Bertz CT molecular complexity index is 1070. The summed E-state index contributed by atoms with van der Waals surface area (Å²) in [5.74, 6) is 0.0338. The Morgan fingerprint density at radius 1 is 1.28 bits per heavy atom. The molecule has 0 aliphatic carbocycles. The summed E-state index contributed by atoms with van der Waals surface area (Å²) in [6.07, 6.45) is 3.98. The maximum absolute atomic E-state index is 12.7. The Labute approximate surface area is 176 Å². The highest BCUT2D eigenvalue weighted by molar-refractivity contribution is 9.10. The lowest BCUT2D eigenvalue weighted by Gasteiger charge is -2.20. The average molecular weight is 457 g/mol. The summed E-state index contributed by atoms with van der Waals surface area (Å²) in [7, 11) is 0. The zero-order chi connectivity index (χ0) is 20.4. The number of hydrogen-bond donors (Lipinski definition) is 1. The van der Waals surface area contributed by atoms with Crippen molar-refractivity contribution in [2.45, 2.75) is 19.9 Å². The van der Waals surface area contributed by atoms with Gasteiger partial charge >= 0.3 is 0 Å². The van der Waals surface area contributed by atoms with Crippen LogP contribution in [0.2, 0.25) is 0 Å². The van der Waals surface area contributed by atoms with E-state index in [-0.39, 0.29) is 18.2 Å². The molecule has 150 valence electrons. The number of pyridine rings is 1. The largest absolute Gasteiger partial charge is 0.492 e. The number of hydrogen-bond acceptors (Lipinski definition) is 4. The van der Waals surface area contributed by atoms with Crippen LogP contribution < -0.4 is 15.0 Å². The highest BCUT2D eigenvalue weighted by atomic mass is 79.9. The number of halogens is 1. The molecule has 1 aliphatic rings. The highest BCUT2D eigenvalue weighted by Gasteiger charge is 2.36.